The van der Waals surface area contributed by atoms with Gasteiger partial charge in [-0.15, -0.1) is 0 Å². The van der Waals surface area contributed by atoms with E-state index < -0.39 is 32.8 Å². The van der Waals surface area contributed by atoms with Gasteiger partial charge in [0.05, 0.1) is 11.4 Å². The quantitative estimate of drug-likeness (QED) is 0.591. The summed E-state index contributed by atoms with van der Waals surface area (Å²) in [5, 5.41) is 2.31. The maximum absolute atomic E-state index is 12.6. The number of aryl methyl sites for hydroxylation is 1. The normalized spacial score (nSPS) is 15.8. The molecule has 8 nitrogen and oxygen atoms in total. The minimum absolute atomic E-state index is 0.0745. The molecule has 0 bridgehead atoms. The molecule has 2 aromatic rings. The van der Waals surface area contributed by atoms with Gasteiger partial charge in [-0.1, -0.05) is 37.0 Å². The number of carbonyl (C=O) groups excluding carboxylic acids is 2. The van der Waals surface area contributed by atoms with Crippen LogP contribution in [0.5, 0.6) is 0 Å². The van der Waals surface area contributed by atoms with E-state index in [4.69, 9.17) is 23.2 Å². The Morgan fingerprint density at radius 2 is 1.85 bits per heavy atom. The third kappa shape index (κ3) is 2.57. The van der Waals surface area contributed by atoms with E-state index in [-0.39, 0.29) is 11.7 Å². The van der Waals surface area contributed by atoms with Crippen molar-refractivity contribution in [2.45, 2.75) is 31.0 Å². The molecule has 1 aliphatic heterocycles. The lowest BCUT2D eigenvalue weighted by atomic mass is 10.0. The van der Waals surface area contributed by atoms with Crippen molar-refractivity contribution in [1.82, 2.24) is 14.5 Å². The van der Waals surface area contributed by atoms with Crippen molar-refractivity contribution in [2.75, 3.05) is 5.32 Å². The van der Waals surface area contributed by atoms with Gasteiger partial charge in [0.1, 0.15) is 11.4 Å². The number of hydrogen-bond donors (Lipinski definition) is 2. The number of Topliss-reactive ketones (excluding diaryl/α,β-unsaturated/α-hetero) is 1. The Kier molecular flexibility index (Phi) is 4.28. The Labute approximate surface area is 157 Å². The highest BCUT2D eigenvalue weighted by Gasteiger charge is 2.50. The van der Waals surface area contributed by atoms with Crippen LogP contribution < -0.4 is 16.6 Å². The molecule has 1 amide bonds. The van der Waals surface area contributed by atoms with Gasteiger partial charge in [0.2, 0.25) is 5.78 Å². The molecule has 3 rings (SSSR count). The van der Waals surface area contributed by atoms with Crippen molar-refractivity contribution < 1.29 is 9.59 Å². The van der Waals surface area contributed by atoms with Crippen LogP contribution >= 0.6 is 23.2 Å². The molecule has 0 atom stereocenters. The summed E-state index contributed by atoms with van der Waals surface area (Å²) in [4.78, 5) is 55.8. The Hall–Kier alpha value is -2.45. The zero-order valence-electron chi connectivity index (χ0n) is 14.0. The van der Waals surface area contributed by atoms with Gasteiger partial charge < -0.3 is 5.32 Å². The molecule has 0 saturated carbocycles. The number of H-pyrrole nitrogens is 1. The topological polar surface area (TPSA) is 114 Å². The minimum Gasteiger partial charge on any atom is -0.308 e. The summed E-state index contributed by atoms with van der Waals surface area (Å²) in [6.45, 7) is 5.49. The number of anilines is 1. The molecule has 10 heteroatoms. The van der Waals surface area contributed by atoms with Gasteiger partial charge in [0, 0.05) is 6.20 Å². The van der Waals surface area contributed by atoms with E-state index >= 15 is 0 Å². The lowest BCUT2D eigenvalue weighted by Crippen LogP contribution is -2.50. The van der Waals surface area contributed by atoms with Gasteiger partial charge >= 0.3 is 5.69 Å². The Morgan fingerprint density at radius 3 is 2.46 bits per heavy atom. The maximum atomic E-state index is 12.6. The number of hydrogen-bond acceptors (Lipinski definition) is 5. The molecule has 2 aromatic heterocycles. The number of fused-ring (bicyclic) bond motifs is 1. The van der Waals surface area contributed by atoms with Crippen molar-refractivity contribution in [3.8, 4) is 5.69 Å². The molecular formula is C16H14Cl2N4O4. The second-order valence-corrected chi connectivity index (χ2v) is 7.52. The molecule has 0 aliphatic carbocycles. The number of nitrogens with one attached hydrogen (secondary N) is 2. The van der Waals surface area contributed by atoms with Crippen molar-refractivity contribution in [1.29, 1.82) is 0 Å². The lowest BCUT2D eigenvalue weighted by molar-refractivity contribution is -0.116. The fourth-order valence-electron chi connectivity index (χ4n) is 2.81. The highest BCUT2D eigenvalue weighted by molar-refractivity contribution is 6.71. The number of nitrogens with zero attached hydrogens (tertiary/aromatic N) is 2. The molecule has 2 N–H and O–H groups in total. The molecule has 0 fully saturated rings. The largest absolute Gasteiger partial charge is 0.334 e. The van der Waals surface area contributed by atoms with E-state index in [1.165, 1.54) is 0 Å². The summed E-state index contributed by atoms with van der Waals surface area (Å²) in [6, 6.07) is 1.67. The third-order valence-electron chi connectivity index (χ3n) is 4.07. The number of pyridine rings is 1. The van der Waals surface area contributed by atoms with Gasteiger partial charge in [-0.3, -0.25) is 24.4 Å². The minimum atomic E-state index is -2.45. The van der Waals surface area contributed by atoms with Crippen molar-refractivity contribution in [3.63, 3.8) is 0 Å². The summed E-state index contributed by atoms with van der Waals surface area (Å²) in [6.07, 6.45) is 1.59. The van der Waals surface area contributed by atoms with Gasteiger partial charge in [-0.2, -0.15) is 0 Å². The molecule has 1 aliphatic rings. The highest BCUT2D eigenvalue weighted by atomic mass is 35.5. The van der Waals surface area contributed by atoms with Gasteiger partial charge in [0.15, 0.2) is 0 Å². The van der Waals surface area contributed by atoms with Crippen molar-refractivity contribution in [2.24, 2.45) is 0 Å². The van der Waals surface area contributed by atoms with E-state index in [0.717, 1.165) is 4.57 Å². The first kappa shape index (κ1) is 18.3. The molecule has 136 valence electrons. The number of halogens is 2. The first-order valence-electron chi connectivity index (χ1n) is 7.66. The van der Waals surface area contributed by atoms with E-state index in [9.17, 15) is 19.2 Å². The number of aromatic amines is 1. The predicted molar refractivity (Wildman–Crippen MR) is 96.7 cm³/mol. The smallest absolute Gasteiger partial charge is 0.308 e. The standard InChI is InChI=1S/C16H14Cl2N4O4/c1-6(2)9-10(7(3)4-5-19-9)22-12-8(13(24)21-15(22)26)11(23)16(17,18)14(25)20-12/h4-6H,1-3H3,(H,20,25)(H,21,24,26). The monoisotopic (exact) mass is 396 g/mol. The lowest BCUT2D eigenvalue weighted by Gasteiger charge is -2.27. The Morgan fingerprint density at radius 1 is 1.19 bits per heavy atom. The fraction of sp³-hybridized carbons (Fsp3) is 0.312. The second-order valence-electron chi connectivity index (χ2n) is 6.19. The van der Waals surface area contributed by atoms with E-state index in [2.05, 4.69) is 15.3 Å². The van der Waals surface area contributed by atoms with Gasteiger partial charge in [0.25, 0.3) is 15.8 Å². The van der Waals surface area contributed by atoms with E-state index in [0.29, 0.717) is 16.9 Å². The van der Waals surface area contributed by atoms with Crippen LogP contribution in [0.4, 0.5) is 5.82 Å². The fourth-order valence-corrected chi connectivity index (χ4v) is 3.09. The molecule has 0 radical (unpaired) electrons. The Balaban J connectivity index is 2.47. The first-order chi connectivity index (χ1) is 12.1. The molecule has 0 unspecified atom stereocenters. The van der Waals surface area contributed by atoms with Crippen LogP contribution in [0.25, 0.3) is 5.69 Å². The summed E-state index contributed by atoms with van der Waals surface area (Å²) in [7, 11) is 0. The summed E-state index contributed by atoms with van der Waals surface area (Å²) < 4.78 is -1.40. The number of carbonyl (C=O) groups is 2. The van der Waals surface area contributed by atoms with E-state index in [1.54, 1.807) is 19.2 Å². The number of rotatable bonds is 2. The van der Waals surface area contributed by atoms with Crippen molar-refractivity contribution in [3.05, 3.63) is 49.9 Å². The Bertz CT molecular complexity index is 1070. The molecule has 3 heterocycles. The van der Waals surface area contributed by atoms with E-state index in [1.807, 2.05) is 13.8 Å². The van der Waals surface area contributed by atoms with Gasteiger partial charge in [-0.05, 0) is 24.5 Å². The second kappa shape index (κ2) is 6.07. The van der Waals surface area contributed by atoms with Crippen LogP contribution in [0.15, 0.2) is 21.9 Å². The van der Waals surface area contributed by atoms with Crippen LogP contribution in [0.2, 0.25) is 0 Å². The summed E-state index contributed by atoms with van der Waals surface area (Å²) >= 11 is 11.6. The first-order valence-corrected chi connectivity index (χ1v) is 8.42. The van der Waals surface area contributed by atoms with Crippen LogP contribution in [0, 0.1) is 6.92 Å². The van der Waals surface area contributed by atoms with Crippen LogP contribution in [0.1, 0.15) is 41.4 Å². The van der Waals surface area contributed by atoms with Crippen LogP contribution in [-0.2, 0) is 4.79 Å². The van der Waals surface area contributed by atoms with Crippen molar-refractivity contribution >= 4 is 40.7 Å². The average Bonchev–Trinajstić information content (AvgIpc) is 2.53. The summed E-state index contributed by atoms with van der Waals surface area (Å²) in [5.41, 5.74) is -0.718. The molecular weight excluding hydrogens is 383 g/mol. The number of alkyl halides is 2. The molecule has 0 spiro atoms. The van der Waals surface area contributed by atoms with Crippen LogP contribution in [0.3, 0.4) is 0 Å². The highest BCUT2D eigenvalue weighted by Crippen LogP contribution is 2.35. The SMILES string of the molecule is Cc1ccnc(C(C)C)c1-n1c2c(c(=O)[nH]c1=O)C(=O)C(Cl)(Cl)C(=O)N2. The molecule has 0 saturated heterocycles. The molecule has 0 aromatic carbocycles. The van der Waals surface area contributed by atoms with Crippen LogP contribution in [-0.4, -0.2) is 30.6 Å². The zero-order valence-corrected chi connectivity index (χ0v) is 15.5. The predicted octanol–water partition coefficient (Wildman–Crippen LogP) is 1.66. The maximum Gasteiger partial charge on any atom is 0.334 e. The molecule has 26 heavy (non-hydrogen) atoms. The number of amides is 1. The third-order valence-corrected chi connectivity index (χ3v) is 4.75. The number of ketones is 1. The average molecular weight is 397 g/mol. The number of aromatic nitrogens is 3. The van der Waals surface area contributed by atoms with Gasteiger partial charge in [-0.25, -0.2) is 9.36 Å². The zero-order chi connectivity index (χ0) is 19.4. The summed E-state index contributed by atoms with van der Waals surface area (Å²) in [5.74, 6) is -2.48.